The smallest absolute Gasteiger partial charge is 0.387 e. The van der Waals surface area contributed by atoms with Gasteiger partial charge < -0.3 is 19.9 Å². The highest BCUT2D eigenvalue weighted by atomic mass is 35.5. The Morgan fingerprint density at radius 1 is 1.28 bits per heavy atom. The van der Waals surface area contributed by atoms with E-state index in [1.54, 1.807) is 6.20 Å². The molecule has 0 aliphatic carbocycles. The quantitative estimate of drug-likeness (QED) is 0.316. The third kappa shape index (κ3) is 7.70. The van der Waals surface area contributed by atoms with E-state index in [4.69, 9.17) is 23.2 Å². The number of alkyl halides is 2. The van der Waals surface area contributed by atoms with Crippen molar-refractivity contribution in [1.82, 2.24) is 20.2 Å². The molecule has 0 radical (unpaired) electrons. The molecule has 0 amide bonds. The van der Waals surface area contributed by atoms with Crippen LogP contribution in [0.2, 0.25) is 10.0 Å². The third-order valence-electron chi connectivity index (χ3n) is 4.09. The van der Waals surface area contributed by atoms with Gasteiger partial charge in [-0.05, 0) is 38.8 Å². The number of imidazole rings is 1. The minimum absolute atomic E-state index is 0.0238. The maximum absolute atomic E-state index is 12.7. The number of benzene rings is 1. The molecule has 0 unspecified atom stereocenters. The molecule has 1 aromatic carbocycles. The molecule has 1 heterocycles. The summed E-state index contributed by atoms with van der Waals surface area (Å²) in [5.41, 5.74) is 0.385. The third-order valence-corrected chi connectivity index (χ3v) is 4.58. The summed E-state index contributed by atoms with van der Waals surface area (Å²) >= 11 is 12.0. The van der Waals surface area contributed by atoms with Crippen LogP contribution in [-0.4, -0.2) is 35.2 Å². The Balaban J connectivity index is 1.93. The van der Waals surface area contributed by atoms with E-state index in [-0.39, 0.29) is 17.3 Å². The van der Waals surface area contributed by atoms with Crippen LogP contribution in [0, 0.1) is 6.92 Å². The molecule has 0 aliphatic rings. The van der Waals surface area contributed by atoms with E-state index in [0.717, 1.165) is 31.8 Å². The van der Waals surface area contributed by atoms with E-state index in [1.807, 2.05) is 20.0 Å². The Kier molecular flexibility index (Phi) is 9.47. The first-order chi connectivity index (χ1) is 13.9. The molecule has 0 bridgehead atoms. The van der Waals surface area contributed by atoms with Gasteiger partial charge in [0.15, 0.2) is 5.96 Å². The van der Waals surface area contributed by atoms with Crippen molar-refractivity contribution in [1.29, 1.82) is 0 Å². The van der Waals surface area contributed by atoms with Gasteiger partial charge in [-0.2, -0.15) is 8.78 Å². The van der Waals surface area contributed by atoms with E-state index >= 15 is 0 Å². The van der Waals surface area contributed by atoms with E-state index < -0.39 is 6.61 Å². The van der Waals surface area contributed by atoms with Crippen molar-refractivity contribution >= 4 is 29.2 Å². The Morgan fingerprint density at radius 2 is 2.07 bits per heavy atom. The van der Waals surface area contributed by atoms with E-state index in [1.165, 1.54) is 12.1 Å². The van der Waals surface area contributed by atoms with Gasteiger partial charge in [0.1, 0.15) is 11.6 Å². The molecule has 0 aliphatic heterocycles. The minimum Gasteiger partial charge on any atom is -0.433 e. The highest BCUT2D eigenvalue weighted by Gasteiger charge is 2.15. The van der Waals surface area contributed by atoms with Gasteiger partial charge in [0.05, 0.1) is 11.6 Å². The Bertz CT molecular complexity index is 814. The van der Waals surface area contributed by atoms with Crippen molar-refractivity contribution in [3.05, 3.63) is 46.0 Å². The Labute approximate surface area is 179 Å². The maximum Gasteiger partial charge on any atom is 0.387 e. The summed E-state index contributed by atoms with van der Waals surface area (Å²) in [5, 5.41) is 6.71. The molecule has 0 fully saturated rings. The summed E-state index contributed by atoms with van der Waals surface area (Å²) in [6.07, 6.45) is 5.67. The normalized spacial score (nSPS) is 11.8. The predicted molar refractivity (Wildman–Crippen MR) is 112 cm³/mol. The van der Waals surface area contributed by atoms with Gasteiger partial charge in [-0.3, -0.25) is 0 Å². The van der Waals surface area contributed by atoms with Crippen molar-refractivity contribution in [3.8, 4) is 5.75 Å². The maximum atomic E-state index is 12.7. The van der Waals surface area contributed by atoms with Crippen LogP contribution in [0.25, 0.3) is 0 Å². The lowest BCUT2D eigenvalue weighted by Gasteiger charge is -2.14. The monoisotopic (exact) mass is 447 g/mol. The van der Waals surface area contributed by atoms with Gasteiger partial charge in [0.25, 0.3) is 0 Å². The van der Waals surface area contributed by atoms with E-state index in [0.29, 0.717) is 23.1 Å². The van der Waals surface area contributed by atoms with Gasteiger partial charge in [0, 0.05) is 42.6 Å². The summed E-state index contributed by atoms with van der Waals surface area (Å²) in [7, 11) is 0. The first-order valence-corrected chi connectivity index (χ1v) is 10.1. The van der Waals surface area contributed by atoms with E-state index in [2.05, 4.69) is 29.9 Å². The Morgan fingerprint density at radius 3 is 2.72 bits per heavy atom. The van der Waals surface area contributed by atoms with Crippen LogP contribution >= 0.6 is 23.2 Å². The summed E-state index contributed by atoms with van der Waals surface area (Å²) in [4.78, 5) is 8.63. The lowest BCUT2D eigenvalue weighted by atomic mass is 10.2. The number of ether oxygens (including phenoxy) is 1. The van der Waals surface area contributed by atoms with E-state index in [9.17, 15) is 8.78 Å². The fourth-order valence-electron chi connectivity index (χ4n) is 2.71. The van der Waals surface area contributed by atoms with Crippen LogP contribution in [-0.2, 0) is 13.1 Å². The first-order valence-electron chi connectivity index (χ1n) is 9.33. The number of guanidine groups is 1. The molecule has 2 N–H and O–H groups in total. The molecule has 1 aromatic heterocycles. The number of hydrogen-bond acceptors (Lipinski definition) is 3. The van der Waals surface area contributed by atoms with Crippen LogP contribution < -0.4 is 15.4 Å². The van der Waals surface area contributed by atoms with Crippen LogP contribution in [0.4, 0.5) is 8.78 Å². The molecule has 0 saturated carbocycles. The SMILES string of the molecule is CCNC(=NCc1cc(Cl)cc(Cl)c1OC(F)F)NCCCCn1ccnc1C. The van der Waals surface area contributed by atoms with Gasteiger partial charge in [-0.25, -0.2) is 9.98 Å². The zero-order chi connectivity index (χ0) is 21.2. The number of aryl methyl sites for hydroxylation is 2. The molecular formula is C19H25Cl2F2N5O. The molecule has 0 saturated heterocycles. The predicted octanol–water partition coefficient (Wildman–Crippen LogP) is 4.64. The average molecular weight is 448 g/mol. The zero-order valence-corrected chi connectivity index (χ0v) is 17.9. The second kappa shape index (κ2) is 11.8. The number of hydrogen-bond donors (Lipinski definition) is 2. The Hall–Kier alpha value is -2.06. The first kappa shape index (κ1) is 23.2. The zero-order valence-electron chi connectivity index (χ0n) is 16.4. The standard InChI is InChI=1S/C19H25Cl2F2N5O/c1-3-24-19(26-6-4-5-8-28-9-7-25-13(28)2)27-12-14-10-15(20)11-16(21)17(14)29-18(22)23/h7,9-11,18H,3-6,8,12H2,1-2H3,(H2,24,26,27). The highest BCUT2D eigenvalue weighted by Crippen LogP contribution is 2.34. The van der Waals surface area contributed by atoms with Crippen molar-refractivity contribution < 1.29 is 13.5 Å². The number of nitrogens with one attached hydrogen (secondary N) is 2. The number of halogens is 4. The number of nitrogens with zero attached hydrogens (tertiary/aromatic N) is 3. The molecular weight excluding hydrogens is 423 g/mol. The second-order valence-electron chi connectivity index (χ2n) is 6.25. The number of aliphatic imine (C=N–C) groups is 1. The van der Waals surface area contributed by atoms with Crippen molar-refractivity contribution in [2.75, 3.05) is 13.1 Å². The fraction of sp³-hybridized carbons (Fsp3) is 0.474. The van der Waals surface area contributed by atoms with Gasteiger partial charge in [0.2, 0.25) is 0 Å². The lowest BCUT2D eigenvalue weighted by Crippen LogP contribution is -2.37. The highest BCUT2D eigenvalue weighted by molar-refractivity contribution is 6.35. The summed E-state index contributed by atoms with van der Waals surface area (Å²) in [6.45, 7) is 3.31. The molecule has 0 spiro atoms. The molecule has 2 aromatic rings. The van der Waals surface area contributed by atoms with Crippen molar-refractivity contribution in [2.45, 2.75) is 46.4 Å². The topological polar surface area (TPSA) is 63.5 Å². The fourth-order valence-corrected chi connectivity index (χ4v) is 3.29. The molecule has 2 rings (SSSR count). The second-order valence-corrected chi connectivity index (χ2v) is 7.09. The van der Waals surface area contributed by atoms with Gasteiger partial charge >= 0.3 is 6.61 Å². The summed E-state index contributed by atoms with van der Waals surface area (Å²) < 4.78 is 32.0. The lowest BCUT2D eigenvalue weighted by molar-refractivity contribution is -0.0503. The average Bonchev–Trinajstić information content (AvgIpc) is 3.06. The van der Waals surface area contributed by atoms with Crippen LogP contribution in [0.15, 0.2) is 29.5 Å². The number of aromatic nitrogens is 2. The van der Waals surface area contributed by atoms with Crippen LogP contribution in [0.1, 0.15) is 31.2 Å². The summed E-state index contributed by atoms with van der Waals surface area (Å²) in [6, 6.07) is 2.88. The molecule has 10 heteroatoms. The largest absolute Gasteiger partial charge is 0.433 e. The van der Waals surface area contributed by atoms with Gasteiger partial charge in [-0.1, -0.05) is 23.2 Å². The minimum atomic E-state index is -2.98. The summed E-state index contributed by atoms with van der Waals surface area (Å²) in [5.74, 6) is 1.46. The van der Waals surface area contributed by atoms with Crippen molar-refractivity contribution in [3.63, 3.8) is 0 Å². The number of unbranched alkanes of at least 4 members (excludes halogenated alkanes) is 1. The van der Waals surface area contributed by atoms with Crippen molar-refractivity contribution in [2.24, 2.45) is 4.99 Å². The van der Waals surface area contributed by atoms with Gasteiger partial charge in [-0.15, -0.1) is 0 Å². The molecule has 160 valence electrons. The van der Waals surface area contributed by atoms with Crippen LogP contribution in [0.5, 0.6) is 5.75 Å². The molecule has 0 atom stereocenters. The molecule has 6 nitrogen and oxygen atoms in total. The molecule has 29 heavy (non-hydrogen) atoms. The number of rotatable bonds is 10. The van der Waals surface area contributed by atoms with Crippen LogP contribution in [0.3, 0.4) is 0 Å².